The minimum Gasteiger partial charge on any atom is -0.493 e. The standard InChI is InChI=1S/C29H39N5O5S/c1-4-26-27(22-9-12-24(37-3)25(19-22)38-5-2)32-34(29(36)40-26)20-21-7-10-23(11-8-21)31-28(35)39-18-6-15-33-16-13-30-14-17-33/h7-12,19,26,30H,4-6,13-18,20H2,1-3H3,(H,31,35). The molecule has 2 aliphatic heterocycles. The Morgan fingerprint density at radius 3 is 2.60 bits per heavy atom. The Labute approximate surface area is 240 Å². The largest absolute Gasteiger partial charge is 0.493 e. The van der Waals surface area contributed by atoms with E-state index in [9.17, 15) is 9.59 Å². The second kappa shape index (κ2) is 14.9. The average Bonchev–Trinajstić information content (AvgIpc) is 2.98. The SMILES string of the molecule is CCOc1cc(C2=NN(Cc3ccc(NC(=O)OCCCN4CCNCC4)cc3)C(=O)SC2CC)ccc1OC. The molecular weight excluding hydrogens is 530 g/mol. The molecule has 40 heavy (non-hydrogen) atoms. The predicted molar refractivity (Wildman–Crippen MR) is 159 cm³/mol. The van der Waals surface area contributed by atoms with Gasteiger partial charge in [0, 0.05) is 44.0 Å². The number of hydrogen-bond acceptors (Lipinski definition) is 9. The molecule has 1 saturated heterocycles. The van der Waals surface area contributed by atoms with E-state index in [4.69, 9.17) is 19.3 Å². The average molecular weight is 570 g/mol. The molecule has 10 nitrogen and oxygen atoms in total. The minimum atomic E-state index is -0.471. The van der Waals surface area contributed by atoms with Crippen LogP contribution in [0.25, 0.3) is 0 Å². The summed E-state index contributed by atoms with van der Waals surface area (Å²) in [6, 6.07) is 13.1. The van der Waals surface area contributed by atoms with Crippen LogP contribution in [0.15, 0.2) is 47.6 Å². The third kappa shape index (κ3) is 8.12. The number of benzene rings is 2. The monoisotopic (exact) mass is 569 g/mol. The normalized spacial score (nSPS) is 17.8. The molecule has 1 fully saturated rings. The van der Waals surface area contributed by atoms with Gasteiger partial charge in [-0.05, 0) is 55.7 Å². The number of anilines is 1. The summed E-state index contributed by atoms with van der Waals surface area (Å²) < 4.78 is 16.5. The molecule has 1 atom stereocenters. The molecule has 0 aliphatic carbocycles. The lowest BCUT2D eigenvalue weighted by Crippen LogP contribution is -2.43. The highest BCUT2D eigenvalue weighted by Crippen LogP contribution is 2.34. The fourth-order valence-electron chi connectivity index (χ4n) is 4.61. The number of hydrogen-bond donors (Lipinski definition) is 2. The first-order valence-electron chi connectivity index (χ1n) is 13.8. The van der Waals surface area contributed by atoms with Crippen molar-refractivity contribution in [3.05, 3.63) is 53.6 Å². The molecule has 1 unspecified atom stereocenters. The van der Waals surface area contributed by atoms with Crippen LogP contribution in [0.1, 0.15) is 37.8 Å². The van der Waals surface area contributed by atoms with Crippen molar-refractivity contribution in [3.63, 3.8) is 0 Å². The van der Waals surface area contributed by atoms with Crippen LogP contribution >= 0.6 is 11.8 Å². The summed E-state index contributed by atoms with van der Waals surface area (Å²) >= 11 is 1.28. The van der Waals surface area contributed by atoms with Gasteiger partial charge in [-0.2, -0.15) is 5.10 Å². The number of nitrogens with zero attached hydrogens (tertiary/aromatic N) is 3. The van der Waals surface area contributed by atoms with E-state index in [2.05, 4.69) is 15.5 Å². The highest BCUT2D eigenvalue weighted by Gasteiger charge is 2.30. The second-order valence-corrected chi connectivity index (χ2v) is 10.7. The van der Waals surface area contributed by atoms with E-state index in [1.807, 2.05) is 44.2 Å². The van der Waals surface area contributed by atoms with Gasteiger partial charge in [0.05, 0.1) is 37.8 Å². The minimum absolute atomic E-state index is 0.0546. The van der Waals surface area contributed by atoms with Crippen molar-refractivity contribution in [2.75, 3.05) is 58.4 Å². The van der Waals surface area contributed by atoms with Crippen molar-refractivity contribution in [3.8, 4) is 11.5 Å². The topological polar surface area (TPSA) is 105 Å². The summed E-state index contributed by atoms with van der Waals surface area (Å²) in [6.07, 6.45) is 1.10. The highest BCUT2D eigenvalue weighted by molar-refractivity contribution is 8.14. The van der Waals surface area contributed by atoms with E-state index in [1.165, 1.54) is 16.8 Å². The number of carbonyl (C=O) groups is 2. The third-order valence-corrected chi connectivity index (χ3v) is 7.96. The van der Waals surface area contributed by atoms with Gasteiger partial charge in [0.15, 0.2) is 11.5 Å². The summed E-state index contributed by atoms with van der Waals surface area (Å²) in [5, 5.41) is 12.2. The lowest BCUT2D eigenvalue weighted by molar-refractivity contribution is 0.149. The van der Waals surface area contributed by atoms with E-state index in [0.29, 0.717) is 36.9 Å². The molecule has 2 amide bonds. The molecule has 0 bridgehead atoms. The number of hydrazone groups is 1. The second-order valence-electron chi connectivity index (χ2n) is 9.53. The van der Waals surface area contributed by atoms with Crippen LogP contribution in [0.3, 0.4) is 0 Å². The van der Waals surface area contributed by atoms with E-state index >= 15 is 0 Å². The highest BCUT2D eigenvalue weighted by atomic mass is 32.2. The van der Waals surface area contributed by atoms with Crippen molar-refractivity contribution < 1.29 is 23.8 Å². The van der Waals surface area contributed by atoms with Gasteiger partial charge in [-0.15, -0.1) is 0 Å². The van der Waals surface area contributed by atoms with Gasteiger partial charge in [0.2, 0.25) is 0 Å². The molecule has 4 rings (SSSR count). The predicted octanol–water partition coefficient (Wildman–Crippen LogP) is 4.79. The molecular formula is C29H39N5O5S. The Kier molecular flexibility index (Phi) is 11.1. The number of thioether (sulfide) groups is 1. The lowest BCUT2D eigenvalue weighted by Gasteiger charge is -2.28. The molecule has 2 heterocycles. The summed E-state index contributed by atoms with van der Waals surface area (Å²) in [7, 11) is 1.61. The van der Waals surface area contributed by atoms with Crippen molar-refractivity contribution >= 4 is 34.5 Å². The molecule has 2 aromatic rings. The van der Waals surface area contributed by atoms with Crippen LogP contribution in [-0.2, 0) is 11.3 Å². The van der Waals surface area contributed by atoms with E-state index in [-0.39, 0.29) is 10.5 Å². The fourth-order valence-corrected chi connectivity index (χ4v) is 5.54. The van der Waals surface area contributed by atoms with Crippen LogP contribution in [0, 0.1) is 0 Å². The summed E-state index contributed by atoms with van der Waals surface area (Å²) in [6.45, 7) is 10.2. The number of methoxy groups -OCH3 is 1. The van der Waals surface area contributed by atoms with Crippen LogP contribution in [0.2, 0.25) is 0 Å². The number of nitrogens with one attached hydrogen (secondary N) is 2. The first-order valence-corrected chi connectivity index (χ1v) is 14.7. The fraction of sp³-hybridized carbons (Fsp3) is 0.483. The quantitative estimate of drug-likeness (QED) is 0.352. The zero-order valence-corrected chi connectivity index (χ0v) is 24.3. The maximum absolute atomic E-state index is 12.9. The number of piperazine rings is 1. The van der Waals surface area contributed by atoms with Crippen LogP contribution < -0.4 is 20.1 Å². The third-order valence-electron chi connectivity index (χ3n) is 6.71. The van der Waals surface area contributed by atoms with Gasteiger partial charge in [-0.25, -0.2) is 9.80 Å². The number of amides is 2. The Bertz CT molecular complexity index is 1170. The Balaban J connectivity index is 1.34. The molecule has 0 saturated carbocycles. The number of ether oxygens (including phenoxy) is 3. The van der Waals surface area contributed by atoms with Crippen LogP contribution in [0.5, 0.6) is 11.5 Å². The van der Waals surface area contributed by atoms with Crippen molar-refractivity contribution in [1.29, 1.82) is 0 Å². The molecule has 2 N–H and O–H groups in total. The van der Waals surface area contributed by atoms with E-state index in [0.717, 1.165) is 62.4 Å². The summed E-state index contributed by atoms with van der Waals surface area (Å²) in [5.74, 6) is 1.30. The van der Waals surface area contributed by atoms with Crippen molar-refractivity contribution in [2.45, 2.75) is 38.5 Å². The lowest BCUT2D eigenvalue weighted by atomic mass is 10.0. The zero-order chi connectivity index (χ0) is 28.3. The number of carbonyl (C=O) groups excluding carboxylic acids is 2. The van der Waals surface area contributed by atoms with Gasteiger partial charge in [0.25, 0.3) is 0 Å². The molecule has 0 radical (unpaired) electrons. The van der Waals surface area contributed by atoms with Crippen LogP contribution in [-0.4, -0.2) is 85.3 Å². The van der Waals surface area contributed by atoms with Crippen molar-refractivity contribution in [1.82, 2.24) is 15.2 Å². The van der Waals surface area contributed by atoms with Crippen LogP contribution in [0.4, 0.5) is 15.3 Å². The first-order chi connectivity index (χ1) is 19.5. The van der Waals surface area contributed by atoms with Crippen molar-refractivity contribution in [2.24, 2.45) is 5.10 Å². The van der Waals surface area contributed by atoms with E-state index < -0.39 is 6.09 Å². The van der Waals surface area contributed by atoms with E-state index in [1.54, 1.807) is 19.2 Å². The van der Waals surface area contributed by atoms with Gasteiger partial charge in [-0.1, -0.05) is 30.8 Å². The Morgan fingerprint density at radius 1 is 1.12 bits per heavy atom. The van der Waals surface area contributed by atoms with Gasteiger partial charge in [-0.3, -0.25) is 10.1 Å². The molecule has 216 valence electrons. The molecule has 11 heteroatoms. The molecule has 0 spiro atoms. The Hall–Kier alpha value is -3.28. The smallest absolute Gasteiger partial charge is 0.411 e. The summed E-state index contributed by atoms with van der Waals surface area (Å²) in [4.78, 5) is 27.5. The zero-order valence-electron chi connectivity index (χ0n) is 23.5. The maximum atomic E-state index is 12.9. The van der Waals surface area contributed by atoms with Gasteiger partial charge in [0.1, 0.15) is 0 Å². The molecule has 2 aromatic carbocycles. The van der Waals surface area contributed by atoms with Gasteiger partial charge < -0.3 is 24.4 Å². The summed E-state index contributed by atoms with van der Waals surface area (Å²) in [5.41, 5.74) is 3.25. The maximum Gasteiger partial charge on any atom is 0.411 e. The Morgan fingerprint density at radius 2 is 1.90 bits per heavy atom. The molecule has 0 aromatic heterocycles. The first kappa shape index (κ1) is 29.7. The molecule has 2 aliphatic rings. The number of rotatable bonds is 12. The van der Waals surface area contributed by atoms with Gasteiger partial charge >= 0.3 is 11.3 Å².